The predicted molar refractivity (Wildman–Crippen MR) is 92.3 cm³/mol. The molecule has 0 atom stereocenters. The summed E-state index contributed by atoms with van der Waals surface area (Å²) in [5.41, 5.74) is 4.31. The van der Waals surface area contributed by atoms with Gasteiger partial charge in [0.15, 0.2) is 15.7 Å². The topological polar surface area (TPSA) is 88.6 Å². The van der Waals surface area contributed by atoms with Gasteiger partial charge in [0.25, 0.3) is 0 Å². The summed E-state index contributed by atoms with van der Waals surface area (Å²) in [4.78, 5) is 16.4. The fourth-order valence-corrected chi connectivity index (χ4v) is 3.07. The zero-order valence-corrected chi connectivity index (χ0v) is 14.6. The number of pyridine rings is 2. The van der Waals surface area contributed by atoms with Gasteiger partial charge in [-0.15, -0.1) is 0 Å². The van der Waals surface area contributed by atoms with Crippen molar-refractivity contribution < 1.29 is 8.42 Å². The van der Waals surface area contributed by atoms with E-state index in [0.717, 1.165) is 28.9 Å². The van der Waals surface area contributed by atoms with Crippen LogP contribution < -0.4 is 0 Å². The Balaban J connectivity index is 2.05. The number of nitrogens with zero attached hydrogens (tertiary/aromatic N) is 3. The molecule has 0 fully saturated rings. The molecule has 3 aromatic rings. The van der Waals surface area contributed by atoms with Gasteiger partial charge in [0.05, 0.1) is 10.6 Å². The molecule has 0 unspecified atom stereocenters. The minimum Gasteiger partial charge on any atom is -0.340 e. The van der Waals surface area contributed by atoms with E-state index in [2.05, 4.69) is 26.9 Å². The number of hydrogen-bond donors (Lipinski definition) is 1. The average molecular weight is 342 g/mol. The number of aromatic amines is 1. The van der Waals surface area contributed by atoms with Gasteiger partial charge in [-0.05, 0) is 37.1 Å². The van der Waals surface area contributed by atoms with Crippen LogP contribution in [0.25, 0.3) is 22.6 Å². The molecule has 7 heteroatoms. The third-order valence-corrected chi connectivity index (χ3v) is 4.90. The standard InChI is InChI=1S/C17H18N4O2S/c1-4-15-11(2)20-17(21-15)16-8-12(5-6-19-16)13-7-14(10-18-9-13)24(3,22)23/h5-10H,4H2,1-3H3,(H,20,21). The van der Waals surface area contributed by atoms with Crippen LogP contribution in [0.1, 0.15) is 18.3 Å². The van der Waals surface area contributed by atoms with Crippen LogP contribution >= 0.6 is 0 Å². The van der Waals surface area contributed by atoms with Gasteiger partial charge in [-0.25, -0.2) is 13.4 Å². The first-order valence-electron chi connectivity index (χ1n) is 7.56. The highest BCUT2D eigenvalue weighted by atomic mass is 32.2. The monoisotopic (exact) mass is 342 g/mol. The molecule has 0 aliphatic carbocycles. The molecule has 0 bridgehead atoms. The zero-order valence-electron chi connectivity index (χ0n) is 13.7. The molecule has 24 heavy (non-hydrogen) atoms. The maximum Gasteiger partial charge on any atom is 0.177 e. The van der Waals surface area contributed by atoms with E-state index < -0.39 is 9.84 Å². The van der Waals surface area contributed by atoms with Crippen LogP contribution in [-0.2, 0) is 16.3 Å². The van der Waals surface area contributed by atoms with Crippen molar-refractivity contribution in [3.8, 4) is 22.6 Å². The average Bonchev–Trinajstić information content (AvgIpc) is 2.95. The number of aromatic nitrogens is 4. The minimum atomic E-state index is -3.30. The lowest BCUT2D eigenvalue weighted by atomic mass is 10.1. The van der Waals surface area contributed by atoms with Crippen molar-refractivity contribution >= 4 is 9.84 Å². The number of rotatable bonds is 4. The van der Waals surface area contributed by atoms with Gasteiger partial charge < -0.3 is 4.98 Å². The van der Waals surface area contributed by atoms with Crippen molar-refractivity contribution in [2.24, 2.45) is 0 Å². The molecule has 3 rings (SSSR count). The van der Waals surface area contributed by atoms with Crippen LogP contribution in [0.15, 0.2) is 41.7 Å². The summed E-state index contributed by atoms with van der Waals surface area (Å²) < 4.78 is 23.4. The van der Waals surface area contributed by atoms with Gasteiger partial charge >= 0.3 is 0 Å². The highest BCUT2D eigenvalue weighted by Crippen LogP contribution is 2.25. The van der Waals surface area contributed by atoms with Crippen LogP contribution in [-0.4, -0.2) is 34.6 Å². The van der Waals surface area contributed by atoms with Crippen molar-refractivity contribution in [1.29, 1.82) is 0 Å². The Kier molecular flexibility index (Phi) is 4.19. The van der Waals surface area contributed by atoms with Crippen LogP contribution in [0.2, 0.25) is 0 Å². The second-order valence-corrected chi connectivity index (χ2v) is 7.63. The molecule has 3 heterocycles. The number of sulfone groups is 1. The van der Waals surface area contributed by atoms with Crippen molar-refractivity contribution in [3.05, 3.63) is 48.2 Å². The summed E-state index contributed by atoms with van der Waals surface area (Å²) in [5, 5.41) is 0. The van der Waals surface area contributed by atoms with Gasteiger partial charge in [-0.2, -0.15) is 0 Å². The first-order chi connectivity index (χ1) is 11.4. The molecule has 0 spiro atoms. The Labute approximate surface area is 140 Å². The first kappa shape index (κ1) is 16.3. The van der Waals surface area contributed by atoms with E-state index in [1.807, 2.05) is 19.1 Å². The summed E-state index contributed by atoms with van der Waals surface area (Å²) in [5.74, 6) is 0.707. The number of hydrogen-bond acceptors (Lipinski definition) is 5. The van der Waals surface area contributed by atoms with Crippen molar-refractivity contribution in [2.45, 2.75) is 25.2 Å². The molecule has 1 N–H and O–H groups in total. The van der Waals surface area contributed by atoms with Crippen molar-refractivity contribution in [3.63, 3.8) is 0 Å². The molecule has 0 saturated heterocycles. The second-order valence-electron chi connectivity index (χ2n) is 5.61. The van der Waals surface area contributed by atoms with Crippen molar-refractivity contribution in [1.82, 2.24) is 19.9 Å². The predicted octanol–water partition coefficient (Wildman–Crippen LogP) is 2.81. The second kappa shape index (κ2) is 6.16. The number of aryl methyl sites for hydroxylation is 2. The highest BCUT2D eigenvalue weighted by Gasteiger charge is 2.12. The van der Waals surface area contributed by atoms with Gasteiger partial charge in [0.2, 0.25) is 0 Å². The smallest absolute Gasteiger partial charge is 0.177 e. The molecule has 0 amide bonds. The van der Waals surface area contributed by atoms with Crippen molar-refractivity contribution in [2.75, 3.05) is 6.26 Å². The van der Waals surface area contributed by atoms with E-state index in [1.165, 1.54) is 12.5 Å². The van der Waals surface area contributed by atoms with E-state index in [4.69, 9.17) is 0 Å². The Morgan fingerprint density at radius 2 is 1.96 bits per heavy atom. The van der Waals surface area contributed by atoms with E-state index in [9.17, 15) is 8.42 Å². The number of imidazole rings is 1. The molecular weight excluding hydrogens is 324 g/mol. The third kappa shape index (κ3) is 3.21. The van der Waals surface area contributed by atoms with E-state index in [0.29, 0.717) is 11.5 Å². The summed E-state index contributed by atoms with van der Waals surface area (Å²) >= 11 is 0. The third-order valence-electron chi connectivity index (χ3n) is 3.82. The zero-order chi connectivity index (χ0) is 17.3. The summed E-state index contributed by atoms with van der Waals surface area (Å²) in [6, 6.07) is 5.32. The summed E-state index contributed by atoms with van der Waals surface area (Å²) in [7, 11) is -3.30. The first-order valence-corrected chi connectivity index (χ1v) is 9.45. The molecule has 0 aliphatic rings. The molecule has 0 saturated carbocycles. The van der Waals surface area contributed by atoms with Crippen LogP contribution in [0, 0.1) is 6.92 Å². The Hall–Kier alpha value is -2.54. The molecule has 0 aromatic carbocycles. The van der Waals surface area contributed by atoms with Crippen LogP contribution in [0.5, 0.6) is 0 Å². The summed E-state index contributed by atoms with van der Waals surface area (Å²) in [6.07, 6.45) is 6.72. The minimum absolute atomic E-state index is 0.195. The lowest BCUT2D eigenvalue weighted by Gasteiger charge is -2.05. The SMILES string of the molecule is CCc1[nH]c(-c2cc(-c3cncc(S(C)(=O)=O)c3)ccn2)nc1C. The fraction of sp³-hybridized carbons (Fsp3) is 0.235. The molecule has 0 aliphatic heterocycles. The molecule has 3 aromatic heterocycles. The largest absolute Gasteiger partial charge is 0.340 e. The van der Waals surface area contributed by atoms with E-state index >= 15 is 0 Å². The lowest BCUT2D eigenvalue weighted by molar-refractivity contribution is 0.601. The van der Waals surface area contributed by atoms with Gasteiger partial charge in [-0.3, -0.25) is 9.97 Å². The van der Waals surface area contributed by atoms with Crippen LogP contribution in [0.3, 0.4) is 0 Å². The number of nitrogens with one attached hydrogen (secondary N) is 1. The van der Waals surface area contributed by atoms with Gasteiger partial charge in [0, 0.05) is 36.1 Å². The van der Waals surface area contributed by atoms with Gasteiger partial charge in [0.1, 0.15) is 5.69 Å². The fourth-order valence-electron chi connectivity index (χ4n) is 2.48. The molecule has 6 nitrogen and oxygen atoms in total. The molecule has 124 valence electrons. The maximum absolute atomic E-state index is 11.7. The Bertz CT molecular complexity index is 993. The summed E-state index contributed by atoms with van der Waals surface area (Å²) in [6.45, 7) is 4.03. The highest BCUT2D eigenvalue weighted by molar-refractivity contribution is 7.90. The van der Waals surface area contributed by atoms with Crippen LogP contribution in [0.4, 0.5) is 0 Å². The normalized spacial score (nSPS) is 11.6. The molecule has 0 radical (unpaired) electrons. The van der Waals surface area contributed by atoms with E-state index in [1.54, 1.807) is 18.5 Å². The maximum atomic E-state index is 11.7. The molecular formula is C17H18N4O2S. The Morgan fingerprint density at radius 3 is 2.62 bits per heavy atom. The quantitative estimate of drug-likeness (QED) is 0.787. The Morgan fingerprint density at radius 1 is 1.17 bits per heavy atom. The van der Waals surface area contributed by atoms with E-state index in [-0.39, 0.29) is 4.90 Å². The van der Waals surface area contributed by atoms with Gasteiger partial charge in [-0.1, -0.05) is 6.92 Å². The number of H-pyrrole nitrogens is 1. The lowest BCUT2D eigenvalue weighted by Crippen LogP contribution is -1.98.